The van der Waals surface area contributed by atoms with Gasteiger partial charge in [-0.1, -0.05) is 30.9 Å². The van der Waals surface area contributed by atoms with Crippen molar-refractivity contribution in [3.05, 3.63) is 28.8 Å². The smallest absolute Gasteiger partial charge is 0.251 e. The fourth-order valence-corrected chi connectivity index (χ4v) is 3.79. The van der Waals surface area contributed by atoms with E-state index >= 15 is 0 Å². The van der Waals surface area contributed by atoms with Crippen molar-refractivity contribution in [2.45, 2.75) is 49.5 Å². The SMILES string of the molecule is NS(=O)(=O)c1cc(C(=O)NCCCOC2CCCCC2)ccc1Cl. The van der Waals surface area contributed by atoms with Crippen LogP contribution in [0.4, 0.5) is 0 Å². The number of halogens is 1. The van der Waals surface area contributed by atoms with E-state index in [1.165, 1.54) is 37.5 Å². The summed E-state index contributed by atoms with van der Waals surface area (Å²) in [4.78, 5) is 11.8. The Hall–Kier alpha value is -1.15. The molecule has 0 heterocycles. The van der Waals surface area contributed by atoms with Gasteiger partial charge in [-0.2, -0.15) is 0 Å². The van der Waals surface area contributed by atoms with Crippen molar-refractivity contribution < 1.29 is 17.9 Å². The van der Waals surface area contributed by atoms with Crippen LogP contribution in [0, 0.1) is 0 Å². The lowest BCUT2D eigenvalue weighted by Crippen LogP contribution is -2.26. The summed E-state index contributed by atoms with van der Waals surface area (Å²) in [6.07, 6.45) is 7.04. The molecule has 24 heavy (non-hydrogen) atoms. The monoisotopic (exact) mass is 374 g/mol. The van der Waals surface area contributed by atoms with E-state index in [2.05, 4.69) is 5.32 Å². The molecule has 1 amide bonds. The lowest BCUT2D eigenvalue weighted by Gasteiger charge is -2.21. The van der Waals surface area contributed by atoms with E-state index in [4.69, 9.17) is 21.5 Å². The largest absolute Gasteiger partial charge is 0.378 e. The Morgan fingerprint density at radius 1 is 1.29 bits per heavy atom. The van der Waals surface area contributed by atoms with Gasteiger partial charge in [0.05, 0.1) is 11.1 Å². The van der Waals surface area contributed by atoms with Gasteiger partial charge in [0.2, 0.25) is 10.0 Å². The summed E-state index contributed by atoms with van der Waals surface area (Å²) < 4.78 is 28.6. The van der Waals surface area contributed by atoms with Crippen LogP contribution in [0.2, 0.25) is 5.02 Å². The van der Waals surface area contributed by atoms with Gasteiger partial charge in [-0.05, 0) is 37.5 Å². The van der Waals surface area contributed by atoms with Gasteiger partial charge in [0.15, 0.2) is 0 Å². The molecule has 0 saturated heterocycles. The Kier molecular flexibility index (Phi) is 7.03. The number of hydrogen-bond donors (Lipinski definition) is 2. The second-order valence-electron chi connectivity index (χ2n) is 5.93. The van der Waals surface area contributed by atoms with E-state index in [-0.39, 0.29) is 21.4 Å². The van der Waals surface area contributed by atoms with Crippen molar-refractivity contribution in [2.24, 2.45) is 5.14 Å². The summed E-state index contributed by atoms with van der Waals surface area (Å²) in [5.74, 6) is -0.366. The number of amides is 1. The minimum Gasteiger partial charge on any atom is -0.378 e. The highest BCUT2D eigenvalue weighted by atomic mass is 35.5. The topological polar surface area (TPSA) is 98.5 Å². The minimum atomic E-state index is -3.96. The zero-order chi connectivity index (χ0) is 17.6. The first-order valence-electron chi connectivity index (χ1n) is 8.10. The summed E-state index contributed by atoms with van der Waals surface area (Å²) in [5.41, 5.74) is 0.205. The van der Waals surface area contributed by atoms with Crippen LogP contribution in [0.1, 0.15) is 48.9 Å². The zero-order valence-electron chi connectivity index (χ0n) is 13.5. The maximum absolute atomic E-state index is 12.1. The molecule has 1 aliphatic carbocycles. The fraction of sp³-hybridized carbons (Fsp3) is 0.562. The molecule has 2 rings (SSSR count). The van der Waals surface area contributed by atoms with E-state index in [0.29, 0.717) is 25.7 Å². The quantitative estimate of drug-likeness (QED) is 0.716. The van der Waals surface area contributed by atoms with E-state index in [1.807, 2.05) is 0 Å². The average molecular weight is 375 g/mol. The van der Waals surface area contributed by atoms with Gasteiger partial charge in [-0.15, -0.1) is 0 Å². The van der Waals surface area contributed by atoms with Crippen molar-refractivity contribution in [1.29, 1.82) is 0 Å². The molecule has 0 spiro atoms. The van der Waals surface area contributed by atoms with Gasteiger partial charge in [0, 0.05) is 18.7 Å². The summed E-state index contributed by atoms with van der Waals surface area (Å²) in [5, 5.41) is 7.81. The average Bonchev–Trinajstić information content (AvgIpc) is 2.54. The van der Waals surface area contributed by atoms with Crippen LogP contribution < -0.4 is 10.5 Å². The fourth-order valence-electron chi connectivity index (χ4n) is 2.72. The number of sulfonamides is 1. The Balaban J connectivity index is 1.78. The van der Waals surface area contributed by atoms with E-state index in [0.717, 1.165) is 12.8 Å². The standard InChI is InChI=1S/C16H23ClN2O4S/c17-14-8-7-12(11-15(14)24(18,21)22)16(20)19-9-4-10-23-13-5-2-1-3-6-13/h7-8,11,13H,1-6,9-10H2,(H,19,20)(H2,18,21,22). The molecule has 0 bridgehead atoms. The predicted octanol–water partition coefficient (Wildman–Crippen LogP) is 2.46. The first-order valence-corrected chi connectivity index (χ1v) is 10.0. The van der Waals surface area contributed by atoms with Crippen LogP contribution >= 0.6 is 11.6 Å². The van der Waals surface area contributed by atoms with Gasteiger partial charge >= 0.3 is 0 Å². The second kappa shape index (κ2) is 8.80. The first kappa shape index (κ1) is 19.2. The Morgan fingerprint density at radius 3 is 2.67 bits per heavy atom. The number of hydrogen-bond acceptors (Lipinski definition) is 4. The van der Waals surface area contributed by atoms with E-state index in [1.54, 1.807) is 0 Å². The highest BCUT2D eigenvalue weighted by molar-refractivity contribution is 7.89. The van der Waals surface area contributed by atoms with Crippen LogP contribution in [-0.2, 0) is 14.8 Å². The van der Waals surface area contributed by atoms with Crippen molar-refractivity contribution in [3.63, 3.8) is 0 Å². The van der Waals surface area contributed by atoms with Crippen LogP contribution in [0.5, 0.6) is 0 Å². The number of nitrogens with two attached hydrogens (primary N) is 1. The van der Waals surface area contributed by atoms with Crippen molar-refractivity contribution >= 4 is 27.5 Å². The van der Waals surface area contributed by atoms with Gasteiger partial charge in [-0.25, -0.2) is 13.6 Å². The Labute approximate surface area is 147 Å². The summed E-state index contributed by atoms with van der Waals surface area (Å²) >= 11 is 5.80. The lowest BCUT2D eigenvalue weighted by atomic mass is 9.98. The van der Waals surface area contributed by atoms with Crippen LogP contribution in [0.15, 0.2) is 23.1 Å². The normalized spacial score (nSPS) is 16.1. The number of carbonyl (C=O) groups is 1. The van der Waals surface area contributed by atoms with Gasteiger partial charge in [0.25, 0.3) is 5.91 Å². The second-order valence-corrected chi connectivity index (χ2v) is 7.87. The maximum atomic E-state index is 12.1. The molecular formula is C16H23ClN2O4S. The van der Waals surface area contributed by atoms with Crippen molar-refractivity contribution in [2.75, 3.05) is 13.2 Å². The minimum absolute atomic E-state index is 0.00469. The predicted molar refractivity (Wildman–Crippen MR) is 92.6 cm³/mol. The summed E-state index contributed by atoms with van der Waals surface area (Å²) in [6, 6.07) is 4.00. The molecule has 0 radical (unpaired) electrons. The molecular weight excluding hydrogens is 352 g/mol. The number of benzene rings is 1. The van der Waals surface area contributed by atoms with Gasteiger partial charge in [0.1, 0.15) is 4.90 Å². The lowest BCUT2D eigenvalue weighted by molar-refractivity contribution is 0.0273. The molecule has 0 atom stereocenters. The number of ether oxygens (including phenoxy) is 1. The molecule has 1 saturated carbocycles. The number of carbonyl (C=O) groups excluding carboxylic acids is 1. The van der Waals surface area contributed by atoms with Crippen molar-refractivity contribution in [1.82, 2.24) is 5.32 Å². The molecule has 1 aliphatic rings. The first-order chi connectivity index (χ1) is 11.4. The molecule has 8 heteroatoms. The highest BCUT2D eigenvalue weighted by Gasteiger charge is 2.16. The van der Waals surface area contributed by atoms with Gasteiger partial charge in [-0.3, -0.25) is 4.79 Å². The summed E-state index contributed by atoms with van der Waals surface area (Å²) in [7, 11) is -3.96. The number of primary sulfonamides is 1. The molecule has 134 valence electrons. The Bertz CT molecular complexity index is 673. The molecule has 0 unspecified atom stereocenters. The maximum Gasteiger partial charge on any atom is 0.251 e. The van der Waals surface area contributed by atoms with E-state index in [9.17, 15) is 13.2 Å². The molecule has 3 N–H and O–H groups in total. The number of rotatable bonds is 7. The third-order valence-corrected chi connectivity index (χ3v) is 5.40. The van der Waals surface area contributed by atoms with Crippen LogP contribution in [0.3, 0.4) is 0 Å². The van der Waals surface area contributed by atoms with E-state index < -0.39 is 10.0 Å². The highest BCUT2D eigenvalue weighted by Crippen LogP contribution is 2.22. The molecule has 1 aromatic rings. The molecule has 6 nitrogen and oxygen atoms in total. The Morgan fingerprint density at radius 2 is 2.00 bits per heavy atom. The molecule has 0 aliphatic heterocycles. The van der Waals surface area contributed by atoms with Crippen LogP contribution in [-0.4, -0.2) is 33.6 Å². The summed E-state index contributed by atoms with van der Waals surface area (Å²) in [6.45, 7) is 1.06. The van der Waals surface area contributed by atoms with Gasteiger partial charge < -0.3 is 10.1 Å². The third-order valence-electron chi connectivity index (χ3n) is 4.01. The third kappa shape index (κ3) is 5.73. The molecule has 1 aromatic carbocycles. The van der Waals surface area contributed by atoms with Crippen LogP contribution in [0.25, 0.3) is 0 Å². The zero-order valence-corrected chi connectivity index (χ0v) is 15.0. The molecule has 1 fully saturated rings. The number of nitrogens with one attached hydrogen (secondary N) is 1. The van der Waals surface area contributed by atoms with Crippen molar-refractivity contribution in [3.8, 4) is 0 Å². The molecule has 0 aromatic heterocycles.